The average molecular weight is 405 g/mol. The molecule has 2 aromatic heterocycles. The number of aromatic amines is 1. The first-order chi connectivity index (χ1) is 14.5. The van der Waals surface area contributed by atoms with Gasteiger partial charge in [-0.2, -0.15) is 0 Å². The molecular weight excluding hydrogens is 384 g/mol. The van der Waals surface area contributed by atoms with Gasteiger partial charge < -0.3 is 10.3 Å². The molecule has 2 heterocycles. The summed E-state index contributed by atoms with van der Waals surface area (Å²) in [4.78, 5) is 19.8. The van der Waals surface area contributed by atoms with E-state index in [1.165, 1.54) is 24.3 Å². The lowest BCUT2D eigenvalue weighted by Crippen LogP contribution is -2.26. The Bertz CT molecular complexity index is 1170. The van der Waals surface area contributed by atoms with Gasteiger partial charge in [-0.15, -0.1) is 0 Å². The zero-order chi connectivity index (χ0) is 21.1. The van der Waals surface area contributed by atoms with Crippen molar-refractivity contribution in [3.8, 4) is 11.3 Å². The zero-order valence-corrected chi connectivity index (χ0v) is 16.5. The SMILES string of the molecule is C[C@H](NC(=O)CCc1c(-c2ccc(F)cc2)[nH]c2ccc(F)cc12)c1ccncc1. The molecule has 0 bridgehead atoms. The fraction of sp³-hybridized carbons (Fsp3) is 0.167. The third-order valence-corrected chi connectivity index (χ3v) is 5.19. The van der Waals surface area contributed by atoms with Crippen molar-refractivity contribution in [2.24, 2.45) is 0 Å². The largest absolute Gasteiger partial charge is 0.354 e. The van der Waals surface area contributed by atoms with Gasteiger partial charge in [-0.05, 0) is 84.6 Å². The fourth-order valence-electron chi connectivity index (χ4n) is 3.63. The molecule has 0 aliphatic carbocycles. The molecule has 0 radical (unpaired) electrons. The molecule has 0 saturated heterocycles. The lowest BCUT2D eigenvalue weighted by atomic mass is 10.0. The molecule has 6 heteroatoms. The van der Waals surface area contributed by atoms with E-state index in [4.69, 9.17) is 0 Å². The van der Waals surface area contributed by atoms with E-state index in [1.54, 1.807) is 30.6 Å². The maximum absolute atomic E-state index is 13.9. The standard InChI is InChI=1S/C24H21F2N3O/c1-15(16-10-12-27-13-11-16)28-23(30)9-7-20-21-14-19(26)6-8-22(21)29-24(20)17-2-4-18(25)5-3-17/h2-6,8,10-15,29H,7,9H2,1H3,(H,28,30)/t15-/m0/s1. The number of aromatic nitrogens is 2. The van der Waals surface area contributed by atoms with E-state index in [0.29, 0.717) is 6.42 Å². The smallest absolute Gasteiger partial charge is 0.220 e. The molecule has 0 aliphatic rings. The summed E-state index contributed by atoms with van der Waals surface area (Å²) >= 11 is 0. The number of nitrogens with one attached hydrogen (secondary N) is 2. The van der Waals surface area contributed by atoms with Gasteiger partial charge in [0, 0.05) is 35.4 Å². The number of rotatable bonds is 6. The minimum Gasteiger partial charge on any atom is -0.354 e. The predicted molar refractivity (Wildman–Crippen MR) is 113 cm³/mol. The van der Waals surface area contributed by atoms with Gasteiger partial charge >= 0.3 is 0 Å². The lowest BCUT2D eigenvalue weighted by molar-refractivity contribution is -0.121. The van der Waals surface area contributed by atoms with Crippen molar-refractivity contribution in [2.75, 3.05) is 0 Å². The lowest BCUT2D eigenvalue weighted by Gasteiger charge is -2.14. The van der Waals surface area contributed by atoms with Crippen molar-refractivity contribution in [3.63, 3.8) is 0 Å². The van der Waals surface area contributed by atoms with Crippen molar-refractivity contribution in [1.82, 2.24) is 15.3 Å². The third kappa shape index (κ3) is 4.22. The van der Waals surface area contributed by atoms with Crippen molar-refractivity contribution < 1.29 is 13.6 Å². The Morgan fingerprint density at radius 3 is 2.47 bits per heavy atom. The number of H-pyrrole nitrogens is 1. The second-order valence-corrected chi connectivity index (χ2v) is 7.25. The van der Waals surface area contributed by atoms with Crippen molar-refractivity contribution >= 4 is 16.8 Å². The van der Waals surface area contributed by atoms with Crippen LogP contribution in [0, 0.1) is 11.6 Å². The highest BCUT2D eigenvalue weighted by molar-refractivity contribution is 5.91. The highest BCUT2D eigenvalue weighted by Crippen LogP contribution is 2.32. The molecule has 1 amide bonds. The Balaban J connectivity index is 1.58. The Hall–Kier alpha value is -3.54. The minimum atomic E-state index is -0.343. The van der Waals surface area contributed by atoms with E-state index in [9.17, 15) is 13.6 Å². The van der Waals surface area contributed by atoms with Crippen LogP contribution in [0.4, 0.5) is 8.78 Å². The van der Waals surface area contributed by atoms with E-state index in [-0.39, 0.29) is 30.0 Å². The Labute approximate surface area is 173 Å². The number of fused-ring (bicyclic) bond motifs is 1. The van der Waals surface area contributed by atoms with Crippen LogP contribution < -0.4 is 5.32 Å². The quantitative estimate of drug-likeness (QED) is 0.456. The van der Waals surface area contributed by atoms with Crippen LogP contribution >= 0.6 is 0 Å². The number of halogens is 2. The molecule has 1 atom stereocenters. The number of hydrogen-bond acceptors (Lipinski definition) is 2. The predicted octanol–water partition coefficient (Wildman–Crippen LogP) is 5.32. The van der Waals surface area contributed by atoms with Crippen LogP contribution in [-0.4, -0.2) is 15.9 Å². The monoisotopic (exact) mass is 405 g/mol. The van der Waals surface area contributed by atoms with Gasteiger partial charge in [0.25, 0.3) is 0 Å². The molecule has 2 aromatic carbocycles. The first kappa shape index (κ1) is 19.8. The van der Waals surface area contributed by atoms with Crippen molar-refractivity contribution in [2.45, 2.75) is 25.8 Å². The number of amides is 1. The van der Waals surface area contributed by atoms with Crippen LogP contribution in [0.15, 0.2) is 67.0 Å². The van der Waals surface area contributed by atoms with Crippen LogP contribution in [0.3, 0.4) is 0 Å². The van der Waals surface area contributed by atoms with Crippen molar-refractivity contribution in [1.29, 1.82) is 0 Å². The molecule has 152 valence electrons. The van der Waals surface area contributed by atoms with Gasteiger partial charge in [0.05, 0.1) is 6.04 Å². The van der Waals surface area contributed by atoms with Gasteiger partial charge in [-0.25, -0.2) is 8.78 Å². The van der Waals surface area contributed by atoms with Gasteiger partial charge in [0.2, 0.25) is 5.91 Å². The summed E-state index contributed by atoms with van der Waals surface area (Å²) in [6, 6.07) is 14.2. The number of hydrogen-bond donors (Lipinski definition) is 2. The summed E-state index contributed by atoms with van der Waals surface area (Å²) < 4.78 is 27.3. The highest BCUT2D eigenvalue weighted by Gasteiger charge is 2.16. The van der Waals surface area contributed by atoms with Gasteiger partial charge in [-0.3, -0.25) is 9.78 Å². The number of benzene rings is 2. The second kappa shape index (κ2) is 8.45. The van der Waals surface area contributed by atoms with E-state index < -0.39 is 0 Å². The first-order valence-electron chi connectivity index (χ1n) is 9.76. The van der Waals surface area contributed by atoms with E-state index in [2.05, 4.69) is 15.3 Å². The summed E-state index contributed by atoms with van der Waals surface area (Å²) in [6.45, 7) is 1.91. The molecule has 30 heavy (non-hydrogen) atoms. The van der Waals surface area contributed by atoms with Crippen LogP contribution in [-0.2, 0) is 11.2 Å². The van der Waals surface area contributed by atoms with Crippen LogP contribution in [0.25, 0.3) is 22.2 Å². The van der Waals surface area contributed by atoms with Crippen LogP contribution in [0.2, 0.25) is 0 Å². The third-order valence-electron chi connectivity index (χ3n) is 5.19. The Morgan fingerprint density at radius 2 is 1.73 bits per heavy atom. The van der Waals surface area contributed by atoms with E-state index >= 15 is 0 Å². The van der Waals surface area contributed by atoms with E-state index in [0.717, 1.165) is 33.3 Å². The summed E-state index contributed by atoms with van der Waals surface area (Å²) in [5.74, 6) is -0.772. The number of aryl methyl sites for hydroxylation is 1. The van der Waals surface area contributed by atoms with Gasteiger partial charge in [-0.1, -0.05) is 0 Å². The summed E-state index contributed by atoms with van der Waals surface area (Å²) in [7, 11) is 0. The number of nitrogens with zero attached hydrogens (tertiary/aromatic N) is 1. The molecule has 0 saturated carbocycles. The van der Waals surface area contributed by atoms with Crippen LogP contribution in [0.5, 0.6) is 0 Å². The maximum Gasteiger partial charge on any atom is 0.220 e. The normalized spacial score (nSPS) is 12.1. The Morgan fingerprint density at radius 1 is 1.03 bits per heavy atom. The fourth-order valence-corrected chi connectivity index (χ4v) is 3.63. The molecular formula is C24H21F2N3O. The molecule has 0 unspecified atom stereocenters. The molecule has 2 N–H and O–H groups in total. The second-order valence-electron chi connectivity index (χ2n) is 7.25. The molecule has 4 nitrogen and oxygen atoms in total. The maximum atomic E-state index is 13.9. The molecule has 0 fully saturated rings. The molecule has 0 aliphatic heterocycles. The highest BCUT2D eigenvalue weighted by atomic mass is 19.1. The molecule has 4 rings (SSSR count). The minimum absolute atomic E-state index is 0.102. The molecule has 0 spiro atoms. The zero-order valence-electron chi connectivity index (χ0n) is 16.5. The summed E-state index contributed by atoms with van der Waals surface area (Å²) in [6.07, 6.45) is 4.04. The number of carbonyl (C=O) groups excluding carboxylic acids is 1. The summed E-state index contributed by atoms with van der Waals surface area (Å²) in [5.41, 5.74) is 4.14. The summed E-state index contributed by atoms with van der Waals surface area (Å²) in [5, 5.41) is 3.71. The molecule has 4 aromatic rings. The topological polar surface area (TPSA) is 57.8 Å². The number of pyridine rings is 1. The van der Waals surface area contributed by atoms with E-state index in [1.807, 2.05) is 19.1 Å². The van der Waals surface area contributed by atoms with Gasteiger partial charge in [0.15, 0.2) is 0 Å². The average Bonchev–Trinajstić information content (AvgIpc) is 3.11. The van der Waals surface area contributed by atoms with Crippen LogP contribution in [0.1, 0.15) is 30.5 Å². The first-order valence-corrected chi connectivity index (χ1v) is 9.76. The van der Waals surface area contributed by atoms with Gasteiger partial charge in [0.1, 0.15) is 11.6 Å². The number of carbonyl (C=O) groups is 1. The Kier molecular flexibility index (Phi) is 5.57. The van der Waals surface area contributed by atoms with Crippen molar-refractivity contribution in [3.05, 3.63) is 89.8 Å².